The molecule has 0 spiro atoms. The maximum Gasteiger partial charge on any atom is 0.331 e. The molecule has 0 amide bonds. The number of carbonyl (C=O) groups is 1. The van der Waals surface area contributed by atoms with Crippen molar-refractivity contribution in [2.75, 3.05) is 7.11 Å². The maximum atomic E-state index is 10.7. The Balaban J connectivity index is 2.38. The summed E-state index contributed by atoms with van der Waals surface area (Å²) >= 11 is 5.81. The molecule has 0 heterocycles. The van der Waals surface area contributed by atoms with Crippen molar-refractivity contribution in [3.8, 4) is 0 Å². The number of ether oxygens (including phenoxy) is 1. The summed E-state index contributed by atoms with van der Waals surface area (Å²) in [5, 5.41) is 3.65. The van der Waals surface area contributed by atoms with E-state index in [0.29, 0.717) is 11.6 Å². The second-order valence-corrected chi connectivity index (χ2v) is 3.30. The van der Waals surface area contributed by atoms with Crippen LogP contribution in [0.5, 0.6) is 0 Å². The number of esters is 1. The second-order valence-electron chi connectivity index (χ2n) is 2.87. The van der Waals surface area contributed by atoms with Crippen molar-refractivity contribution in [3.05, 3.63) is 47.1 Å². The van der Waals surface area contributed by atoms with Gasteiger partial charge in [0.05, 0.1) is 7.11 Å². The summed E-state index contributed by atoms with van der Waals surface area (Å²) in [6.07, 6.45) is 2.87. The predicted octanol–water partition coefficient (Wildman–Crippen LogP) is 2.12. The van der Waals surface area contributed by atoms with Crippen LogP contribution in [0.2, 0.25) is 5.02 Å². The molecule has 0 aromatic heterocycles. The fourth-order valence-electron chi connectivity index (χ4n) is 1.02. The molecule has 0 bridgehead atoms. The van der Waals surface area contributed by atoms with Crippen LogP contribution < -0.4 is 5.32 Å². The predicted molar refractivity (Wildman–Crippen MR) is 59.4 cm³/mol. The standard InChI is InChI=1S/C11H12ClNO2/c1-15-11(14)5-6-13-8-9-3-2-4-10(12)7-9/h2-7,13H,8H2,1H3/b6-5+. The zero-order chi connectivity index (χ0) is 11.1. The first-order valence-corrected chi connectivity index (χ1v) is 4.82. The van der Waals surface area contributed by atoms with Crippen LogP contribution in [0.1, 0.15) is 5.56 Å². The Morgan fingerprint density at radius 3 is 3.07 bits per heavy atom. The van der Waals surface area contributed by atoms with Gasteiger partial charge in [0.2, 0.25) is 0 Å². The minimum absolute atomic E-state index is 0.381. The first-order valence-electron chi connectivity index (χ1n) is 4.44. The van der Waals surface area contributed by atoms with Crippen molar-refractivity contribution in [2.45, 2.75) is 6.54 Å². The molecular formula is C11H12ClNO2. The highest BCUT2D eigenvalue weighted by Gasteiger charge is 1.92. The molecule has 0 aliphatic rings. The number of rotatable bonds is 4. The second kappa shape index (κ2) is 6.09. The van der Waals surface area contributed by atoms with Gasteiger partial charge >= 0.3 is 5.97 Å². The first kappa shape index (κ1) is 11.6. The highest BCUT2D eigenvalue weighted by atomic mass is 35.5. The minimum atomic E-state index is -0.381. The molecular weight excluding hydrogens is 214 g/mol. The molecule has 1 aromatic rings. The fraction of sp³-hybridized carbons (Fsp3) is 0.182. The zero-order valence-electron chi connectivity index (χ0n) is 8.37. The van der Waals surface area contributed by atoms with Crippen LogP contribution >= 0.6 is 11.6 Å². The van der Waals surface area contributed by atoms with Gasteiger partial charge in [-0.3, -0.25) is 0 Å². The highest BCUT2D eigenvalue weighted by Crippen LogP contribution is 2.09. The molecule has 0 saturated carbocycles. The van der Waals surface area contributed by atoms with Crippen molar-refractivity contribution >= 4 is 17.6 Å². The summed E-state index contributed by atoms with van der Waals surface area (Å²) in [4.78, 5) is 10.7. The summed E-state index contributed by atoms with van der Waals surface area (Å²) in [5.74, 6) is -0.381. The van der Waals surface area contributed by atoms with E-state index in [9.17, 15) is 4.79 Å². The van der Waals surface area contributed by atoms with Gasteiger partial charge in [0.1, 0.15) is 0 Å². The molecule has 1 rings (SSSR count). The molecule has 15 heavy (non-hydrogen) atoms. The number of benzene rings is 1. The topological polar surface area (TPSA) is 38.3 Å². The van der Waals surface area contributed by atoms with E-state index in [1.807, 2.05) is 24.3 Å². The monoisotopic (exact) mass is 225 g/mol. The minimum Gasteiger partial charge on any atom is -0.466 e. The zero-order valence-corrected chi connectivity index (χ0v) is 9.12. The number of hydrogen-bond donors (Lipinski definition) is 1. The van der Waals surface area contributed by atoms with Crippen molar-refractivity contribution in [1.29, 1.82) is 0 Å². The van der Waals surface area contributed by atoms with Gasteiger partial charge in [-0.15, -0.1) is 0 Å². The average Bonchev–Trinajstić information content (AvgIpc) is 2.24. The SMILES string of the molecule is COC(=O)/C=C/NCc1cccc(Cl)c1. The van der Waals surface area contributed by atoms with Crippen LogP contribution in [0.4, 0.5) is 0 Å². The summed E-state index contributed by atoms with van der Waals surface area (Å²) in [6.45, 7) is 0.619. The molecule has 1 N–H and O–H groups in total. The Labute approximate surface area is 93.7 Å². The van der Waals surface area contributed by atoms with E-state index >= 15 is 0 Å². The van der Waals surface area contributed by atoms with Crippen LogP contribution in [0.25, 0.3) is 0 Å². The summed E-state index contributed by atoms with van der Waals surface area (Å²) in [5.41, 5.74) is 1.05. The van der Waals surface area contributed by atoms with Gasteiger partial charge in [0.15, 0.2) is 0 Å². The lowest BCUT2D eigenvalue weighted by Gasteiger charge is -2.01. The fourth-order valence-corrected chi connectivity index (χ4v) is 1.23. The van der Waals surface area contributed by atoms with E-state index < -0.39 is 0 Å². The largest absolute Gasteiger partial charge is 0.466 e. The van der Waals surface area contributed by atoms with Gasteiger partial charge in [-0.1, -0.05) is 23.7 Å². The van der Waals surface area contributed by atoms with Crippen LogP contribution in [0.15, 0.2) is 36.5 Å². The summed E-state index contributed by atoms with van der Waals surface area (Å²) < 4.78 is 4.43. The van der Waals surface area contributed by atoms with E-state index in [1.165, 1.54) is 13.2 Å². The molecule has 0 atom stereocenters. The van der Waals surface area contributed by atoms with Crippen molar-refractivity contribution in [2.24, 2.45) is 0 Å². The van der Waals surface area contributed by atoms with Crippen molar-refractivity contribution in [3.63, 3.8) is 0 Å². The molecule has 0 fully saturated rings. The van der Waals surface area contributed by atoms with Gasteiger partial charge < -0.3 is 10.1 Å². The lowest BCUT2D eigenvalue weighted by atomic mass is 10.2. The Morgan fingerprint density at radius 2 is 2.40 bits per heavy atom. The Bertz CT molecular complexity index is 363. The molecule has 0 aliphatic heterocycles. The third-order valence-electron chi connectivity index (χ3n) is 1.73. The van der Waals surface area contributed by atoms with Crippen molar-refractivity contribution < 1.29 is 9.53 Å². The van der Waals surface area contributed by atoms with Gasteiger partial charge in [0.25, 0.3) is 0 Å². The summed E-state index contributed by atoms with van der Waals surface area (Å²) in [7, 11) is 1.34. The molecule has 0 saturated heterocycles. The van der Waals surface area contributed by atoms with Crippen LogP contribution in [0, 0.1) is 0 Å². The lowest BCUT2D eigenvalue weighted by Crippen LogP contribution is -2.06. The number of halogens is 1. The van der Waals surface area contributed by atoms with Crippen LogP contribution in [0.3, 0.4) is 0 Å². The molecule has 1 aromatic carbocycles. The van der Waals surface area contributed by atoms with Crippen LogP contribution in [-0.2, 0) is 16.1 Å². The maximum absolute atomic E-state index is 10.7. The number of nitrogens with one attached hydrogen (secondary N) is 1. The lowest BCUT2D eigenvalue weighted by molar-refractivity contribution is -0.134. The van der Waals surface area contributed by atoms with Gasteiger partial charge in [-0.2, -0.15) is 0 Å². The summed E-state index contributed by atoms with van der Waals surface area (Å²) in [6, 6.07) is 7.50. The van der Waals surface area contributed by atoms with E-state index in [4.69, 9.17) is 11.6 Å². The number of hydrogen-bond acceptors (Lipinski definition) is 3. The smallest absolute Gasteiger partial charge is 0.331 e. The first-order chi connectivity index (χ1) is 7.22. The molecule has 80 valence electrons. The molecule has 0 radical (unpaired) electrons. The van der Waals surface area contributed by atoms with E-state index in [2.05, 4.69) is 10.1 Å². The molecule has 4 heteroatoms. The van der Waals surface area contributed by atoms with E-state index in [1.54, 1.807) is 6.20 Å². The third-order valence-corrected chi connectivity index (χ3v) is 1.97. The average molecular weight is 226 g/mol. The number of carbonyl (C=O) groups excluding carboxylic acids is 1. The third kappa shape index (κ3) is 4.51. The Hall–Kier alpha value is -1.48. The number of methoxy groups -OCH3 is 1. The Kier molecular flexibility index (Phi) is 4.71. The van der Waals surface area contributed by atoms with Crippen molar-refractivity contribution in [1.82, 2.24) is 5.32 Å². The molecule has 3 nitrogen and oxygen atoms in total. The highest BCUT2D eigenvalue weighted by molar-refractivity contribution is 6.30. The van der Waals surface area contributed by atoms with Gasteiger partial charge in [0, 0.05) is 23.8 Å². The van der Waals surface area contributed by atoms with Gasteiger partial charge in [-0.05, 0) is 17.7 Å². The van der Waals surface area contributed by atoms with Gasteiger partial charge in [-0.25, -0.2) is 4.79 Å². The van der Waals surface area contributed by atoms with Crippen LogP contribution in [-0.4, -0.2) is 13.1 Å². The molecule has 0 unspecified atom stereocenters. The normalized spacial score (nSPS) is 10.3. The Morgan fingerprint density at radius 1 is 1.60 bits per heavy atom. The quantitative estimate of drug-likeness (QED) is 0.630. The van der Waals surface area contributed by atoms with E-state index in [-0.39, 0.29) is 5.97 Å². The molecule has 0 aliphatic carbocycles. The van der Waals surface area contributed by atoms with E-state index in [0.717, 1.165) is 5.56 Å².